The zero-order chi connectivity index (χ0) is 28.8. The van der Waals surface area contributed by atoms with Crippen LogP contribution in [0.5, 0.6) is 0 Å². The number of hydrogen-bond donors (Lipinski definition) is 0. The molecule has 2 heteroatoms. The Bertz CT molecular complexity index is 1890. The molecule has 7 rings (SSSR count). The molecule has 0 atom stereocenters. The minimum Gasteiger partial charge on any atom is -0.310 e. The topological polar surface area (TPSA) is 16.1 Å². The van der Waals surface area contributed by atoms with Crippen molar-refractivity contribution in [3.05, 3.63) is 182 Å². The number of pyridine rings is 1. The summed E-state index contributed by atoms with van der Waals surface area (Å²) in [4.78, 5) is 6.92. The molecular weight excluding hydrogens is 520 g/mol. The van der Waals surface area contributed by atoms with Crippen molar-refractivity contribution in [3.8, 4) is 44.6 Å². The molecule has 0 saturated heterocycles. The van der Waals surface area contributed by atoms with Gasteiger partial charge in [-0.05, 0) is 94.0 Å². The van der Waals surface area contributed by atoms with Gasteiger partial charge in [0.25, 0.3) is 0 Å². The van der Waals surface area contributed by atoms with E-state index in [1.165, 1.54) is 22.3 Å². The Morgan fingerprint density at radius 1 is 0.302 bits per heavy atom. The van der Waals surface area contributed by atoms with Gasteiger partial charge in [0.1, 0.15) is 0 Å². The lowest BCUT2D eigenvalue weighted by Gasteiger charge is -2.27. The maximum atomic E-state index is 4.57. The standard InChI is InChI=1S/C41H30N2/c1-4-14-31(15-5-1)36-27-37(32-16-6-2-7-17-32)30-40(29-36)43(38-21-8-3-9-22-38)39-23-13-19-34(28-39)33-18-12-20-35(26-33)41-24-10-11-25-42-41/h1-30H. The van der Waals surface area contributed by atoms with E-state index < -0.39 is 0 Å². The van der Waals surface area contributed by atoms with Gasteiger partial charge in [-0.1, -0.05) is 115 Å². The van der Waals surface area contributed by atoms with Crippen molar-refractivity contribution < 1.29 is 0 Å². The normalized spacial score (nSPS) is 10.8. The lowest BCUT2D eigenvalue weighted by atomic mass is 9.97. The largest absolute Gasteiger partial charge is 0.310 e. The Morgan fingerprint density at radius 2 is 0.767 bits per heavy atom. The van der Waals surface area contributed by atoms with E-state index in [0.717, 1.165) is 39.4 Å². The van der Waals surface area contributed by atoms with E-state index in [1.807, 2.05) is 18.3 Å². The highest BCUT2D eigenvalue weighted by atomic mass is 15.1. The van der Waals surface area contributed by atoms with Crippen molar-refractivity contribution in [1.29, 1.82) is 0 Å². The van der Waals surface area contributed by atoms with Crippen molar-refractivity contribution in [2.75, 3.05) is 4.90 Å². The minimum absolute atomic E-state index is 0.970. The Labute approximate surface area is 253 Å². The molecule has 1 heterocycles. The van der Waals surface area contributed by atoms with E-state index in [-0.39, 0.29) is 0 Å². The van der Waals surface area contributed by atoms with Gasteiger partial charge in [0.2, 0.25) is 0 Å². The molecule has 0 N–H and O–H groups in total. The highest BCUT2D eigenvalue weighted by Gasteiger charge is 2.16. The molecule has 7 aromatic rings. The zero-order valence-electron chi connectivity index (χ0n) is 23.7. The van der Waals surface area contributed by atoms with Crippen LogP contribution in [0.25, 0.3) is 44.6 Å². The zero-order valence-corrected chi connectivity index (χ0v) is 23.7. The molecule has 0 saturated carbocycles. The second kappa shape index (κ2) is 12.0. The second-order valence-electron chi connectivity index (χ2n) is 10.5. The van der Waals surface area contributed by atoms with Crippen LogP contribution in [0.15, 0.2) is 182 Å². The molecule has 2 nitrogen and oxygen atoms in total. The summed E-state index contributed by atoms with van der Waals surface area (Å²) in [6.07, 6.45) is 1.84. The number of aromatic nitrogens is 1. The molecule has 0 bridgehead atoms. The second-order valence-corrected chi connectivity index (χ2v) is 10.5. The quantitative estimate of drug-likeness (QED) is 0.196. The molecule has 0 fully saturated rings. The molecule has 0 radical (unpaired) electrons. The fourth-order valence-electron chi connectivity index (χ4n) is 5.58. The minimum atomic E-state index is 0.970. The van der Waals surface area contributed by atoms with Crippen molar-refractivity contribution in [1.82, 2.24) is 4.98 Å². The number of hydrogen-bond acceptors (Lipinski definition) is 2. The molecule has 0 aliphatic heterocycles. The maximum absolute atomic E-state index is 4.57. The molecule has 0 aliphatic carbocycles. The Balaban J connectivity index is 1.38. The summed E-state index contributed by atoms with van der Waals surface area (Å²) >= 11 is 0. The van der Waals surface area contributed by atoms with Gasteiger partial charge in [-0.3, -0.25) is 4.98 Å². The third kappa shape index (κ3) is 5.72. The first-order valence-electron chi connectivity index (χ1n) is 14.5. The molecule has 0 aliphatic rings. The van der Waals surface area contributed by atoms with Crippen molar-refractivity contribution in [3.63, 3.8) is 0 Å². The fourth-order valence-corrected chi connectivity index (χ4v) is 5.58. The van der Waals surface area contributed by atoms with Crippen LogP contribution in [0.4, 0.5) is 17.1 Å². The molecule has 204 valence electrons. The Hall–Kier alpha value is -5.73. The number of para-hydroxylation sites is 1. The van der Waals surface area contributed by atoms with E-state index in [1.54, 1.807) is 0 Å². The molecule has 0 unspecified atom stereocenters. The Morgan fingerprint density at radius 3 is 1.40 bits per heavy atom. The van der Waals surface area contributed by atoms with Gasteiger partial charge in [-0.2, -0.15) is 0 Å². The van der Waals surface area contributed by atoms with Gasteiger partial charge in [0.05, 0.1) is 5.69 Å². The highest BCUT2D eigenvalue weighted by molar-refractivity contribution is 5.86. The molecular formula is C41H30N2. The van der Waals surface area contributed by atoms with Crippen molar-refractivity contribution >= 4 is 17.1 Å². The van der Waals surface area contributed by atoms with Gasteiger partial charge < -0.3 is 4.90 Å². The first-order valence-corrected chi connectivity index (χ1v) is 14.5. The lowest BCUT2D eigenvalue weighted by molar-refractivity contribution is 1.28. The van der Waals surface area contributed by atoms with Crippen LogP contribution in [0.2, 0.25) is 0 Å². The van der Waals surface area contributed by atoms with E-state index in [0.29, 0.717) is 0 Å². The summed E-state index contributed by atoms with van der Waals surface area (Å²) in [7, 11) is 0. The fraction of sp³-hybridized carbons (Fsp3) is 0. The average molecular weight is 551 g/mol. The van der Waals surface area contributed by atoms with E-state index in [4.69, 9.17) is 0 Å². The maximum Gasteiger partial charge on any atom is 0.0702 e. The summed E-state index contributed by atoms with van der Waals surface area (Å²) < 4.78 is 0. The number of rotatable bonds is 7. The van der Waals surface area contributed by atoms with Gasteiger partial charge in [0.15, 0.2) is 0 Å². The average Bonchev–Trinajstić information content (AvgIpc) is 3.10. The highest BCUT2D eigenvalue weighted by Crippen LogP contribution is 2.40. The van der Waals surface area contributed by atoms with Crippen molar-refractivity contribution in [2.45, 2.75) is 0 Å². The summed E-state index contributed by atoms with van der Waals surface area (Å²) in [5.74, 6) is 0. The summed E-state index contributed by atoms with van der Waals surface area (Å²) in [6, 6.07) is 62.2. The van der Waals surface area contributed by atoms with Crippen LogP contribution in [0.3, 0.4) is 0 Å². The number of nitrogens with zero attached hydrogens (tertiary/aromatic N) is 2. The number of benzene rings is 6. The molecule has 0 spiro atoms. The van der Waals surface area contributed by atoms with Crippen LogP contribution in [0, 0.1) is 0 Å². The van der Waals surface area contributed by atoms with E-state index >= 15 is 0 Å². The first kappa shape index (κ1) is 26.2. The van der Waals surface area contributed by atoms with Crippen LogP contribution < -0.4 is 4.90 Å². The smallest absolute Gasteiger partial charge is 0.0702 e. The molecule has 6 aromatic carbocycles. The van der Waals surface area contributed by atoms with Gasteiger partial charge in [-0.15, -0.1) is 0 Å². The third-order valence-corrected chi connectivity index (χ3v) is 7.67. The third-order valence-electron chi connectivity index (χ3n) is 7.67. The van der Waals surface area contributed by atoms with Crippen molar-refractivity contribution in [2.24, 2.45) is 0 Å². The first-order chi connectivity index (χ1) is 21.3. The predicted molar refractivity (Wildman–Crippen MR) is 181 cm³/mol. The molecule has 0 amide bonds. The van der Waals surface area contributed by atoms with Crippen LogP contribution >= 0.6 is 0 Å². The lowest BCUT2D eigenvalue weighted by Crippen LogP contribution is -2.10. The van der Waals surface area contributed by atoms with Crippen LogP contribution in [-0.4, -0.2) is 4.98 Å². The summed E-state index contributed by atoms with van der Waals surface area (Å²) in [5, 5.41) is 0. The summed E-state index contributed by atoms with van der Waals surface area (Å²) in [5.41, 5.74) is 12.4. The molecule has 43 heavy (non-hydrogen) atoms. The van der Waals surface area contributed by atoms with E-state index in [9.17, 15) is 0 Å². The Kier molecular flexibility index (Phi) is 7.32. The predicted octanol–water partition coefficient (Wildman–Crippen LogP) is 11.2. The van der Waals surface area contributed by atoms with Gasteiger partial charge >= 0.3 is 0 Å². The van der Waals surface area contributed by atoms with Crippen LogP contribution in [-0.2, 0) is 0 Å². The van der Waals surface area contributed by atoms with Gasteiger partial charge in [-0.25, -0.2) is 0 Å². The number of anilines is 3. The van der Waals surface area contributed by atoms with Crippen LogP contribution in [0.1, 0.15) is 0 Å². The summed E-state index contributed by atoms with van der Waals surface area (Å²) in [6.45, 7) is 0. The van der Waals surface area contributed by atoms with Gasteiger partial charge in [0, 0.05) is 28.8 Å². The van der Waals surface area contributed by atoms with E-state index in [2.05, 4.69) is 174 Å². The molecule has 1 aromatic heterocycles. The monoisotopic (exact) mass is 550 g/mol. The SMILES string of the molecule is c1ccc(-c2cc(-c3ccccc3)cc(N(c3ccccc3)c3cccc(-c4cccc(-c5ccccn5)c4)c3)c2)cc1.